The van der Waals surface area contributed by atoms with E-state index in [-0.39, 0.29) is 0 Å². The molecule has 2 heterocycles. The number of thiophene rings is 1. The minimum absolute atomic E-state index is 0.392. The molecule has 1 atom stereocenters. The number of rotatable bonds is 5. The summed E-state index contributed by atoms with van der Waals surface area (Å²) in [5, 5.41) is 6.31. The van der Waals surface area contributed by atoms with Crippen molar-refractivity contribution < 1.29 is 17.9 Å². The number of hydrogen-bond donors (Lipinski definition) is 0. The van der Waals surface area contributed by atoms with Crippen molar-refractivity contribution in [2.45, 2.75) is 12.5 Å². The molecule has 2 aromatic rings. The van der Waals surface area contributed by atoms with E-state index < -0.39 is 16.1 Å². The van der Waals surface area contributed by atoms with Gasteiger partial charge in [-0.2, -0.15) is 9.52 Å². The Bertz CT molecular complexity index is 860. The summed E-state index contributed by atoms with van der Waals surface area (Å²) in [6.45, 7) is 0. The SMILES string of the molecule is COc1ccc(C2CC(c3cccs3)=NN2S(C)(=O)=O)cc1OC. The molecule has 24 heavy (non-hydrogen) atoms. The molecule has 0 saturated carbocycles. The number of nitrogens with zero attached hydrogens (tertiary/aromatic N) is 2. The van der Waals surface area contributed by atoms with Gasteiger partial charge >= 0.3 is 0 Å². The van der Waals surface area contributed by atoms with E-state index in [0.717, 1.165) is 16.2 Å². The van der Waals surface area contributed by atoms with Gasteiger partial charge in [-0.05, 0) is 29.1 Å². The predicted octanol–water partition coefficient (Wildman–Crippen LogP) is 2.88. The lowest BCUT2D eigenvalue weighted by molar-refractivity contribution is 0.349. The molecular weight excluding hydrogens is 348 g/mol. The number of methoxy groups -OCH3 is 2. The molecule has 1 unspecified atom stereocenters. The Labute approximate surface area is 145 Å². The zero-order valence-corrected chi connectivity index (χ0v) is 15.2. The average molecular weight is 366 g/mol. The van der Waals surface area contributed by atoms with E-state index in [0.29, 0.717) is 17.9 Å². The lowest BCUT2D eigenvalue weighted by atomic mass is 10.0. The zero-order chi connectivity index (χ0) is 17.3. The van der Waals surface area contributed by atoms with Gasteiger partial charge in [0.15, 0.2) is 11.5 Å². The first-order valence-electron chi connectivity index (χ1n) is 7.26. The highest BCUT2D eigenvalue weighted by Crippen LogP contribution is 2.38. The van der Waals surface area contributed by atoms with E-state index in [2.05, 4.69) is 5.10 Å². The van der Waals surface area contributed by atoms with E-state index in [1.165, 1.54) is 10.7 Å². The van der Waals surface area contributed by atoms with E-state index in [1.807, 2.05) is 23.6 Å². The lowest BCUT2D eigenvalue weighted by Crippen LogP contribution is -2.25. The third-order valence-corrected chi connectivity index (χ3v) is 5.74. The van der Waals surface area contributed by atoms with Crippen molar-refractivity contribution in [2.75, 3.05) is 20.5 Å². The van der Waals surface area contributed by atoms with Crippen LogP contribution in [0.4, 0.5) is 0 Å². The second-order valence-corrected chi connectivity index (χ2v) is 8.18. The summed E-state index contributed by atoms with van der Waals surface area (Å²) in [4.78, 5) is 0.978. The van der Waals surface area contributed by atoms with Gasteiger partial charge in [-0.25, -0.2) is 8.42 Å². The molecule has 1 aliphatic heterocycles. The molecule has 1 aromatic carbocycles. The first-order chi connectivity index (χ1) is 11.4. The molecule has 0 radical (unpaired) electrons. The molecule has 128 valence electrons. The topological polar surface area (TPSA) is 68.2 Å². The summed E-state index contributed by atoms with van der Waals surface area (Å²) in [6.07, 6.45) is 1.69. The third kappa shape index (κ3) is 3.11. The van der Waals surface area contributed by atoms with Gasteiger partial charge in [0.25, 0.3) is 0 Å². The van der Waals surface area contributed by atoms with Crippen molar-refractivity contribution in [3.63, 3.8) is 0 Å². The highest BCUT2D eigenvalue weighted by atomic mass is 32.2. The van der Waals surface area contributed by atoms with Crippen LogP contribution in [0.3, 0.4) is 0 Å². The second kappa shape index (κ2) is 6.45. The summed E-state index contributed by atoms with van der Waals surface area (Å²) in [5.41, 5.74) is 1.59. The molecule has 0 N–H and O–H groups in total. The van der Waals surface area contributed by atoms with Crippen LogP contribution in [0.5, 0.6) is 11.5 Å². The van der Waals surface area contributed by atoms with Crippen molar-refractivity contribution >= 4 is 27.1 Å². The monoisotopic (exact) mass is 366 g/mol. The second-order valence-electron chi connectivity index (χ2n) is 5.39. The fraction of sp³-hybridized carbons (Fsp3) is 0.312. The molecular formula is C16H18N2O4S2. The average Bonchev–Trinajstić information content (AvgIpc) is 3.22. The largest absolute Gasteiger partial charge is 0.493 e. The maximum atomic E-state index is 12.2. The predicted molar refractivity (Wildman–Crippen MR) is 94.4 cm³/mol. The van der Waals surface area contributed by atoms with Crippen molar-refractivity contribution in [1.82, 2.24) is 4.41 Å². The maximum absolute atomic E-state index is 12.2. The number of hydrazone groups is 1. The summed E-state index contributed by atoms with van der Waals surface area (Å²) < 4.78 is 36.1. The molecule has 8 heteroatoms. The molecule has 0 fully saturated rings. The van der Waals surface area contributed by atoms with Crippen molar-refractivity contribution in [1.29, 1.82) is 0 Å². The van der Waals surface area contributed by atoms with Gasteiger partial charge in [-0.1, -0.05) is 12.1 Å². The fourth-order valence-electron chi connectivity index (χ4n) is 2.69. The first-order valence-corrected chi connectivity index (χ1v) is 9.99. The lowest BCUT2D eigenvalue weighted by Gasteiger charge is -2.22. The van der Waals surface area contributed by atoms with Gasteiger partial charge in [0.05, 0.1) is 37.1 Å². The van der Waals surface area contributed by atoms with Crippen LogP contribution in [0.2, 0.25) is 0 Å². The van der Waals surface area contributed by atoms with E-state index in [1.54, 1.807) is 37.7 Å². The molecule has 6 nitrogen and oxygen atoms in total. The molecule has 0 bridgehead atoms. The molecule has 1 aromatic heterocycles. The Morgan fingerprint density at radius 1 is 1.21 bits per heavy atom. The molecule has 3 rings (SSSR count). The van der Waals surface area contributed by atoms with Gasteiger partial charge in [0.2, 0.25) is 10.0 Å². The van der Waals surface area contributed by atoms with Crippen LogP contribution in [0.15, 0.2) is 40.8 Å². The summed E-state index contributed by atoms with van der Waals surface area (Å²) in [6, 6.07) is 8.90. The number of benzene rings is 1. The first kappa shape index (κ1) is 16.8. The van der Waals surface area contributed by atoms with Gasteiger partial charge in [-0.15, -0.1) is 11.3 Å². The molecule has 1 aliphatic rings. The fourth-order valence-corrected chi connectivity index (χ4v) is 4.32. The van der Waals surface area contributed by atoms with Gasteiger partial charge in [-0.3, -0.25) is 0 Å². The Morgan fingerprint density at radius 3 is 2.54 bits per heavy atom. The number of ether oxygens (including phenoxy) is 2. The normalized spacial score (nSPS) is 17.7. The van der Waals surface area contributed by atoms with Crippen molar-refractivity contribution in [3.8, 4) is 11.5 Å². The quantitative estimate of drug-likeness (QED) is 0.816. The van der Waals surface area contributed by atoms with Gasteiger partial charge < -0.3 is 9.47 Å². The highest BCUT2D eigenvalue weighted by molar-refractivity contribution is 7.88. The molecule has 0 aliphatic carbocycles. The van der Waals surface area contributed by atoms with Crippen LogP contribution >= 0.6 is 11.3 Å². The van der Waals surface area contributed by atoms with Crippen LogP contribution in [-0.4, -0.2) is 39.0 Å². The van der Waals surface area contributed by atoms with Crippen molar-refractivity contribution in [3.05, 3.63) is 46.2 Å². The molecule has 0 spiro atoms. The maximum Gasteiger partial charge on any atom is 0.247 e. The molecule has 0 amide bonds. The Morgan fingerprint density at radius 2 is 1.96 bits per heavy atom. The summed E-state index contributed by atoms with van der Waals surface area (Å²) in [5.74, 6) is 1.16. The van der Waals surface area contributed by atoms with E-state index >= 15 is 0 Å². The van der Waals surface area contributed by atoms with Crippen LogP contribution in [0.25, 0.3) is 0 Å². The third-order valence-electron chi connectivity index (χ3n) is 3.81. The van der Waals surface area contributed by atoms with Crippen LogP contribution < -0.4 is 9.47 Å². The van der Waals surface area contributed by atoms with Crippen LogP contribution in [-0.2, 0) is 10.0 Å². The van der Waals surface area contributed by atoms with E-state index in [9.17, 15) is 8.42 Å². The van der Waals surface area contributed by atoms with E-state index in [4.69, 9.17) is 9.47 Å². The summed E-state index contributed by atoms with van der Waals surface area (Å²) in [7, 11) is -0.364. The smallest absolute Gasteiger partial charge is 0.247 e. The molecule has 0 saturated heterocycles. The number of sulfonamides is 1. The Kier molecular flexibility index (Phi) is 4.51. The van der Waals surface area contributed by atoms with Crippen LogP contribution in [0.1, 0.15) is 22.9 Å². The minimum Gasteiger partial charge on any atom is -0.493 e. The Hall–Kier alpha value is -2.06. The standard InChI is InChI=1S/C16H18N2O4S2/c1-21-14-7-6-11(9-15(14)22-2)13-10-12(16-5-4-8-23-16)17-18(13)24(3,19)20/h4-9,13H,10H2,1-3H3. The van der Waals surface area contributed by atoms with Crippen molar-refractivity contribution in [2.24, 2.45) is 5.10 Å². The minimum atomic E-state index is -3.48. The van der Waals surface area contributed by atoms with Gasteiger partial charge in [0, 0.05) is 6.42 Å². The van der Waals surface area contributed by atoms with Gasteiger partial charge in [0.1, 0.15) is 0 Å². The zero-order valence-electron chi connectivity index (χ0n) is 13.6. The highest BCUT2D eigenvalue weighted by Gasteiger charge is 2.35. The Balaban J connectivity index is 2.01. The summed E-state index contributed by atoms with van der Waals surface area (Å²) >= 11 is 1.55. The van der Waals surface area contributed by atoms with Crippen LogP contribution in [0, 0.1) is 0 Å². The number of hydrogen-bond acceptors (Lipinski definition) is 6.